The summed E-state index contributed by atoms with van der Waals surface area (Å²) in [6.07, 6.45) is 3.00. The minimum absolute atomic E-state index is 0.275. The molecule has 0 amide bonds. The summed E-state index contributed by atoms with van der Waals surface area (Å²) < 4.78 is 3.01. The average Bonchev–Trinajstić information content (AvgIpc) is 2.86. The van der Waals surface area contributed by atoms with Gasteiger partial charge in [0.2, 0.25) is 0 Å². The summed E-state index contributed by atoms with van der Waals surface area (Å²) in [4.78, 5) is 1.50. The van der Waals surface area contributed by atoms with Crippen LogP contribution in [-0.2, 0) is 13.5 Å². The van der Waals surface area contributed by atoms with Crippen LogP contribution in [-0.4, -0.2) is 16.3 Å². The molecule has 1 aliphatic heterocycles. The van der Waals surface area contributed by atoms with Gasteiger partial charge in [0.25, 0.3) is 0 Å². The lowest BCUT2D eigenvalue weighted by Crippen LogP contribution is -2.31. The summed E-state index contributed by atoms with van der Waals surface area (Å²) in [5.74, 6) is 0. The Balaban J connectivity index is 2.10. The highest BCUT2D eigenvalue weighted by Gasteiger charge is 2.26. The van der Waals surface area contributed by atoms with Crippen LogP contribution < -0.4 is 5.32 Å². The van der Waals surface area contributed by atoms with E-state index < -0.39 is 0 Å². The van der Waals surface area contributed by atoms with Gasteiger partial charge in [-0.25, -0.2) is 0 Å². The molecule has 16 heavy (non-hydrogen) atoms. The summed E-state index contributed by atoms with van der Waals surface area (Å²) in [7, 11) is 1.99. The van der Waals surface area contributed by atoms with E-state index in [9.17, 15) is 0 Å². The van der Waals surface area contributed by atoms with Gasteiger partial charge in [0, 0.05) is 18.5 Å². The Morgan fingerprint density at radius 2 is 2.50 bits per heavy atom. The fourth-order valence-electron chi connectivity index (χ4n) is 2.24. The molecule has 0 saturated carbocycles. The summed E-state index contributed by atoms with van der Waals surface area (Å²) >= 11 is 5.43. The van der Waals surface area contributed by atoms with Crippen molar-refractivity contribution < 1.29 is 0 Å². The van der Waals surface area contributed by atoms with Crippen LogP contribution in [0.25, 0.3) is 0 Å². The lowest BCUT2D eigenvalue weighted by atomic mass is 10.00. The molecule has 0 aliphatic carbocycles. The number of rotatable bonds is 1. The van der Waals surface area contributed by atoms with Crippen molar-refractivity contribution in [1.82, 2.24) is 15.1 Å². The molecule has 0 fully saturated rings. The molecule has 0 radical (unpaired) electrons. The standard InChI is InChI=1S/C11H12BrN3S/c1-15-11(8(12)6-14-15)10-7-3-5-16-9(7)2-4-13-10/h3,5-6,10,13H,2,4H2,1H3. The van der Waals surface area contributed by atoms with Gasteiger partial charge in [-0.05, 0) is 39.4 Å². The van der Waals surface area contributed by atoms with E-state index in [1.165, 1.54) is 16.1 Å². The lowest BCUT2D eigenvalue weighted by Gasteiger charge is -2.24. The van der Waals surface area contributed by atoms with Crippen LogP contribution in [0.5, 0.6) is 0 Å². The number of hydrogen-bond acceptors (Lipinski definition) is 3. The first-order valence-electron chi connectivity index (χ1n) is 5.24. The fourth-order valence-corrected chi connectivity index (χ4v) is 3.74. The number of nitrogens with zero attached hydrogens (tertiary/aromatic N) is 2. The molecule has 1 unspecified atom stereocenters. The maximum Gasteiger partial charge on any atom is 0.0770 e. The molecular formula is C11H12BrN3S. The fraction of sp³-hybridized carbons (Fsp3) is 0.364. The van der Waals surface area contributed by atoms with Gasteiger partial charge in [0.05, 0.1) is 22.4 Å². The third kappa shape index (κ3) is 1.54. The predicted octanol–water partition coefficient (Wildman–Crippen LogP) is 2.48. The maximum atomic E-state index is 4.28. The van der Waals surface area contributed by atoms with Crippen molar-refractivity contribution in [2.24, 2.45) is 7.05 Å². The van der Waals surface area contributed by atoms with E-state index in [-0.39, 0.29) is 6.04 Å². The van der Waals surface area contributed by atoms with Crippen molar-refractivity contribution >= 4 is 27.3 Å². The zero-order valence-electron chi connectivity index (χ0n) is 8.90. The van der Waals surface area contributed by atoms with Crippen LogP contribution >= 0.6 is 27.3 Å². The van der Waals surface area contributed by atoms with Gasteiger partial charge in [0.15, 0.2) is 0 Å². The Hall–Kier alpha value is -0.650. The first kappa shape index (κ1) is 10.5. The molecule has 5 heteroatoms. The third-order valence-corrected chi connectivity index (χ3v) is 4.61. The van der Waals surface area contributed by atoms with Crippen molar-refractivity contribution in [3.8, 4) is 0 Å². The molecule has 0 bridgehead atoms. The lowest BCUT2D eigenvalue weighted by molar-refractivity contribution is 0.533. The highest BCUT2D eigenvalue weighted by Crippen LogP contribution is 2.34. The summed E-state index contributed by atoms with van der Waals surface area (Å²) in [6.45, 7) is 1.04. The third-order valence-electron chi connectivity index (χ3n) is 3.00. The molecule has 0 saturated heterocycles. The molecule has 1 N–H and O–H groups in total. The van der Waals surface area contributed by atoms with Gasteiger partial charge < -0.3 is 5.32 Å². The number of nitrogens with one attached hydrogen (secondary N) is 1. The van der Waals surface area contributed by atoms with Gasteiger partial charge in [-0.3, -0.25) is 4.68 Å². The van der Waals surface area contributed by atoms with Gasteiger partial charge in [0.1, 0.15) is 0 Å². The monoisotopic (exact) mass is 297 g/mol. The van der Waals surface area contributed by atoms with E-state index in [2.05, 4.69) is 37.8 Å². The number of aromatic nitrogens is 2. The van der Waals surface area contributed by atoms with Crippen LogP contribution in [0.2, 0.25) is 0 Å². The Kier molecular flexibility index (Phi) is 2.61. The van der Waals surface area contributed by atoms with Gasteiger partial charge in [-0.1, -0.05) is 0 Å². The summed E-state index contributed by atoms with van der Waals surface area (Å²) in [6, 6.07) is 2.49. The van der Waals surface area contributed by atoms with Gasteiger partial charge >= 0.3 is 0 Å². The van der Waals surface area contributed by atoms with Crippen LogP contribution in [0.15, 0.2) is 22.1 Å². The molecule has 3 heterocycles. The quantitative estimate of drug-likeness (QED) is 0.876. The van der Waals surface area contributed by atoms with Crippen molar-refractivity contribution in [2.45, 2.75) is 12.5 Å². The molecule has 3 rings (SSSR count). The van der Waals surface area contributed by atoms with Crippen LogP contribution in [0.4, 0.5) is 0 Å². The van der Waals surface area contributed by atoms with Gasteiger partial charge in [-0.15, -0.1) is 11.3 Å². The number of aryl methyl sites for hydroxylation is 1. The zero-order chi connectivity index (χ0) is 11.1. The number of thiophene rings is 1. The van der Waals surface area contributed by atoms with Crippen molar-refractivity contribution in [1.29, 1.82) is 0 Å². The average molecular weight is 298 g/mol. The Labute approximate surface area is 107 Å². The predicted molar refractivity (Wildman–Crippen MR) is 68.8 cm³/mol. The number of hydrogen-bond donors (Lipinski definition) is 1. The SMILES string of the molecule is Cn1ncc(Br)c1C1NCCc2sccc21. The van der Waals surface area contributed by atoms with Crippen molar-refractivity contribution in [2.75, 3.05) is 6.54 Å². The molecule has 1 atom stereocenters. The molecule has 1 aliphatic rings. The molecule has 0 aromatic carbocycles. The smallest absolute Gasteiger partial charge is 0.0770 e. The van der Waals surface area contributed by atoms with E-state index in [1.807, 2.05) is 29.3 Å². The maximum absolute atomic E-state index is 4.28. The highest BCUT2D eigenvalue weighted by atomic mass is 79.9. The van der Waals surface area contributed by atoms with Crippen LogP contribution in [0.1, 0.15) is 22.2 Å². The first-order chi connectivity index (χ1) is 7.77. The first-order valence-corrected chi connectivity index (χ1v) is 6.91. The molecular weight excluding hydrogens is 286 g/mol. The van der Waals surface area contributed by atoms with E-state index >= 15 is 0 Å². The normalized spacial score (nSPS) is 19.8. The molecule has 84 valence electrons. The van der Waals surface area contributed by atoms with E-state index in [4.69, 9.17) is 0 Å². The molecule has 3 nitrogen and oxygen atoms in total. The molecule has 2 aromatic rings. The largest absolute Gasteiger partial charge is 0.305 e. The number of fused-ring (bicyclic) bond motifs is 1. The Morgan fingerprint density at radius 3 is 3.25 bits per heavy atom. The van der Waals surface area contributed by atoms with Crippen LogP contribution in [0, 0.1) is 0 Å². The highest BCUT2D eigenvalue weighted by molar-refractivity contribution is 9.10. The van der Waals surface area contributed by atoms with Crippen molar-refractivity contribution in [3.63, 3.8) is 0 Å². The second-order valence-corrected chi connectivity index (χ2v) is 5.79. The molecule has 2 aromatic heterocycles. The number of halogens is 1. The second-order valence-electron chi connectivity index (χ2n) is 3.94. The topological polar surface area (TPSA) is 29.9 Å². The summed E-state index contributed by atoms with van der Waals surface area (Å²) in [5.41, 5.74) is 2.61. The van der Waals surface area contributed by atoms with E-state index in [0.717, 1.165) is 17.4 Å². The van der Waals surface area contributed by atoms with E-state index in [1.54, 1.807) is 0 Å². The van der Waals surface area contributed by atoms with E-state index in [0.29, 0.717) is 0 Å². The Morgan fingerprint density at radius 1 is 1.62 bits per heavy atom. The minimum atomic E-state index is 0.275. The zero-order valence-corrected chi connectivity index (χ0v) is 11.3. The minimum Gasteiger partial charge on any atom is -0.305 e. The van der Waals surface area contributed by atoms with Crippen LogP contribution in [0.3, 0.4) is 0 Å². The second kappa shape index (κ2) is 3.98. The van der Waals surface area contributed by atoms with Crippen molar-refractivity contribution in [3.05, 3.63) is 38.3 Å². The summed E-state index contributed by atoms with van der Waals surface area (Å²) in [5, 5.41) is 10.0. The molecule has 0 spiro atoms. The Bertz CT molecular complexity index is 498. The van der Waals surface area contributed by atoms with Gasteiger partial charge in [-0.2, -0.15) is 5.10 Å².